The molecule has 0 spiro atoms. The molecule has 0 bridgehead atoms. The van der Waals surface area contributed by atoms with E-state index in [1.165, 1.54) is 21.3 Å². The van der Waals surface area contributed by atoms with Crippen molar-refractivity contribution in [2.75, 3.05) is 0 Å². The summed E-state index contributed by atoms with van der Waals surface area (Å²) in [5.41, 5.74) is 0. The molecule has 0 fully saturated rings. The molecule has 0 heterocycles. The maximum absolute atomic E-state index is 10.3. The van der Waals surface area contributed by atoms with E-state index < -0.39 is 30.3 Å². The fourth-order valence-electron chi connectivity index (χ4n) is 0.829. The van der Waals surface area contributed by atoms with Crippen molar-refractivity contribution in [3.63, 3.8) is 0 Å². The zero-order chi connectivity index (χ0) is 13.6. The van der Waals surface area contributed by atoms with Crippen LogP contribution in [-0.2, 0) is 0 Å². The van der Waals surface area contributed by atoms with Gasteiger partial charge in [0.1, 0.15) is 0 Å². The Morgan fingerprint density at radius 1 is 0.588 bits per heavy atom. The molecular formula is C5H8N4O8. The summed E-state index contributed by atoms with van der Waals surface area (Å²) in [5.74, 6) is -2.81. The van der Waals surface area contributed by atoms with Crippen LogP contribution in [0.15, 0.2) is 0 Å². The minimum Gasteiger partial charge on any atom is -0.465 e. The molecule has 8 N–H and O–H groups in total. The van der Waals surface area contributed by atoms with Crippen LogP contribution in [0.25, 0.3) is 0 Å². The van der Waals surface area contributed by atoms with Gasteiger partial charge in [-0.2, -0.15) is 0 Å². The van der Waals surface area contributed by atoms with Gasteiger partial charge in [0.25, 0.3) is 5.91 Å². The third-order valence-corrected chi connectivity index (χ3v) is 1.18. The Morgan fingerprint density at radius 3 is 0.882 bits per heavy atom. The zero-order valence-electron chi connectivity index (χ0n) is 7.92. The molecule has 96 valence electrons. The standard InChI is InChI=1S/C5H8N4O8/c10-1(11)6-5(7-2(12)13,8-3(14)15)9-4(16)17/h6-9H,(H,10,11)(H,12,13)(H,14,15)(H,16,17). The van der Waals surface area contributed by atoms with Gasteiger partial charge in [-0.25, -0.2) is 19.2 Å². The second-order valence-electron chi connectivity index (χ2n) is 2.47. The minimum atomic E-state index is -2.81. The molecule has 4 amide bonds. The maximum Gasteiger partial charge on any atom is 0.409 e. The molecule has 0 atom stereocenters. The summed E-state index contributed by atoms with van der Waals surface area (Å²) in [5, 5.41) is 38.8. The molecule has 0 rings (SSSR count). The molecule has 0 aromatic carbocycles. The van der Waals surface area contributed by atoms with Crippen LogP contribution >= 0.6 is 0 Å². The smallest absolute Gasteiger partial charge is 0.409 e. The van der Waals surface area contributed by atoms with E-state index in [1.807, 2.05) is 0 Å². The first-order valence-electron chi connectivity index (χ1n) is 3.71. The lowest BCUT2D eigenvalue weighted by atomic mass is 10.5. The largest absolute Gasteiger partial charge is 0.465 e. The number of hydrogen-bond acceptors (Lipinski definition) is 4. The summed E-state index contributed by atoms with van der Waals surface area (Å²) in [7, 11) is 0. The Morgan fingerprint density at radius 2 is 0.765 bits per heavy atom. The molecule has 17 heavy (non-hydrogen) atoms. The highest BCUT2D eigenvalue weighted by Gasteiger charge is 2.38. The number of nitrogens with one attached hydrogen (secondary N) is 4. The first-order valence-corrected chi connectivity index (χ1v) is 3.71. The normalized spacial score (nSPS) is 9.88. The van der Waals surface area contributed by atoms with Crippen LogP contribution in [0, 0.1) is 0 Å². The molecule has 0 aliphatic carbocycles. The summed E-state index contributed by atoms with van der Waals surface area (Å²) < 4.78 is 0. The van der Waals surface area contributed by atoms with Crippen LogP contribution in [0.4, 0.5) is 19.2 Å². The second-order valence-corrected chi connectivity index (χ2v) is 2.47. The fraction of sp³-hybridized carbons (Fsp3) is 0.200. The Bertz CT molecular complexity index is 284. The molecule has 12 heteroatoms. The Kier molecular flexibility index (Phi) is 4.34. The summed E-state index contributed by atoms with van der Waals surface area (Å²) in [4.78, 5) is 41.4. The lowest BCUT2D eigenvalue weighted by molar-refractivity contribution is 0.104. The van der Waals surface area contributed by atoms with Crippen LogP contribution in [0.2, 0.25) is 0 Å². The predicted molar refractivity (Wildman–Crippen MR) is 47.4 cm³/mol. The monoisotopic (exact) mass is 252 g/mol. The van der Waals surface area contributed by atoms with Crippen LogP contribution in [0.1, 0.15) is 0 Å². The van der Waals surface area contributed by atoms with Gasteiger partial charge in [-0.05, 0) is 0 Å². The van der Waals surface area contributed by atoms with Gasteiger partial charge < -0.3 is 20.4 Å². The molecule has 0 aliphatic rings. The second kappa shape index (κ2) is 5.24. The SMILES string of the molecule is O=C(O)NC(NC(=O)O)(NC(=O)O)NC(=O)O. The summed E-state index contributed by atoms with van der Waals surface area (Å²) >= 11 is 0. The number of carbonyl (C=O) groups is 4. The van der Waals surface area contributed by atoms with Crippen molar-refractivity contribution in [1.29, 1.82) is 0 Å². The van der Waals surface area contributed by atoms with E-state index in [0.29, 0.717) is 0 Å². The third kappa shape index (κ3) is 5.50. The first kappa shape index (κ1) is 14.1. The zero-order valence-corrected chi connectivity index (χ0v) is 7.92. The van der Waals surface area contributed by atoms with Crippen molar-refractivity contribution in [1.82, 2.24) is 21.3 Å². The van der Waals surface area contributed by atoms with Gasteiger partial charge in [0.2, 0.25) is 0 Å². The third-order valence-electron chi connectivity index (χ3n) is 1.18. The van der Waals surface area contributed by atoms with Crippen molar-refractivity contribution in [3.05, 3.63) is 0 Å². The lowest BCUT2D eigenvalue weighted by Crippen LogP contribution is -2.78. The Labute approximate surface area is 92.2 Å². The number of hydrogen-bond donors (Lipinski definition) is 8. The van der Waals surface area contributed by atoms with E-state index in [9.17, 15) is 19.2 Å². The van der Waals surface area contributed by atoms with Crippen molar-refractivity contribution >= 4 is 24.4 Å². The first-order chi connectivity index (χ1) is 7.67. The maximum atomic E-state index is 10.3. The summed E-state index contributed by atoms with van der Waals surface area (Å²) in [6, 6.07) is 0. The molecule has 0 saturated heterocycles. The van der Waals surface area contributed by atoms with E-state index in [-0.39, 0.29) is 0 Å². The molecular weight excluding hydrogens is 244 g/mol. The molecule has 0 radical (unpaired) electrons. The van der Waals surface area contributed by atoms with Gasteiger partial charge in [-0.3, -0.25) is 21.3 Å². The van der Waals surface area contributed by atoms with E-state index in [2.05, 4.69) is 0 Å². The average Bonchev–Trinajstić information content (AvgIpc) is 1.95. The number of rotatable bonds is 4. The topological polar surface area (TPSA) is 197 Å². The molecule has 0 aliphatic heterocycles. The highest BCUT2D eigenvalue weighted by Crippen LogP contribution is 1.92. The van der Waals surface area contributed by atoms with Crippen molar-refractivity contribution in [2.24, 2.45) is 0 Å². The average molecular weight is 252 g/mol. The molecule has 0 aromatic rings. The summed E-state index contributed by atoms with van der Waals surface area (Å²) in [6.45, 7) is 0. The minimum absolute atomic E-state index is 1.33. The van der Waals surface area contributed by atoms with Gasteiger partial charge in [-0.15, -0.1) is 0 Å². The van der Waals surface area contributed by atoms with Crippen molar-refractivity contribution in [3.8, 4) is 0 Å². The quantitative estimate of drug-likeness (QED) is 0.281. The van der Waals surface area contributed by atoms with E-state index >= 15 is 0 Å². The highest BCUT2D eigenvalue weighted by atomic mass is 16.4. The van der Waals surface area contributed by atoms with Gasteiger partial charge >= 0.3 is 24.4 Å². The van der Waals surface area contributed by atoms with Crippen molar-refractivity contribution < 1.29 is 39.6 Å². The fourth-order valence-corrected chi connectivity index (χ4v) is 0.829. The molecule has 0 aromatic heterocycles. The van der Waals surface area contributed by atoms with Crippen LogP contribution in [-0.4, -0.2) is 50.7 Å². The van der Waals surface area contributed by atoms with E-state index in [4.69, 9.17) is 20.4 Å². The highest BCUT2D eigenvalue weighted by molar-refractivity contribution is 5.76. The van der Waals surface area contributed by atoms with Crippen LogP contribution in [0.5, 0.6) is 0 Å². The van der Waals surface area contributed by atoms with Crippen LogP contribution in [0.3, 0.4) is 0 Å². The van der Waals surface area contributed by atoms with E-state index in [0.717, 1.165) is 0 Å². The van der Waals surface area contributed by atoms with Gasteiger partial charge in [0, 0.05) is 0 Å². The number of amides is 4. The van der Waals surface area contributed by atoms with E-state index in [1.54, 1.807) is 0 Å². The molecule has 0 saturated carbocycles. The van der Waals surface area contributed by atoms with Crippen LogP contribution < -0.4 is 21.3 Å². The Balaban J connectivity index is 5.16. The van der Waals surface area contributed by atoms with Gasteiger partial charge in [0.15, 0.2) is 0 Å². The van der Waals surface area contributed by atoms with Gasteiger partial charge in [-0.1, -0.05) is 0 Å². The summed E-state index contributed by atoms with van der Waals surface area (Å²) in [6.07, 6.45) is -7.50. The Hall–Kier alpha value is -2.92. The molecule has 0 unspecified atom stereocenters. The predicted octanol–water partition coefficient (Wildman–Crippen LogP) is -1.33. The number of carboxylic acid groups (broad SMARTS) is 4. The molecule has 12 nitrogen and oxygen atoms in total. The van der Waals surface area contributed by atoms with Crippen molar-refractivity contribution in [2.45, 2.75) is 5.91 Å². The lowest BCUT2D eigenvalue weighted by Gasteiger charge is -2.31. The van der Waals surface area contributed by atoms with Gasteiger partial charge in [0.05, 0.1) is 0 Å².